The molecule has 0 fully saturated rings. The lowest BCUT2D eigenvalue weighted by molar-refractivity contribution is 0.395. The molecule has 0 atom stereocenters. The standard InChI is InChI=1S/C26H21N3O2/c1-30-19-10-11-22(23(16-19)31-2)26-28-24(18-12-14-27-15-13-18)25(29-26)21-9-5-7-17-6-3-4-8-20(17)21/h3-16H,1-2H3,(H,28,29). The number of nitrogens with zero attached hydrogens (tertiary/aromatic N) is 2. The molecule has 0 saturated heterocycles. The van der Waals surface area contributed by atoms with Crippen molar-refractivity contribution in [3.63, 3.8) is 0 Å². The van der Waals surface area contributed by atoms with Crippen molar-refractivity contribution < 1.29 is 9.47 Å². The van der Waals surface area contributed by atoms with E-state index in [4.69, 9.17) is 14.5 Å². The van der Waals surface area contributed by atoms with Crippen LogP contribution in [-0.2, 0) is 0 Å². The van der Waals surface area contributed by atoms with Gasteiger partial charge in [0.05, 0.1) is 31.2 Å². The van der Waals surface area contributed by atoms with Crippen molar-refractivity contribution in [1.29, 1.82) is 0 Å². The van der Waals surface area contributed by atoms with E-state index < -0.39 is 0 Å². The fraction of sp³-hybridized carbons (Fsp3) is 0.0769. The highest BCUT2D eigenvalue weighted by molar-refractivity contribution is 5.99. The molecule has 0 unspecified atom stereocenters. The number of hydrogen-bond acceptors (Lipinski definition) is 4. The minimum Gasteiger partial charge on any atom is -0.497 e. The van der Waals surface area contributed by atoms with Crippen LogP contribution in [-0.4, -0.2) is 29.2 Å². The van der Waals surface area contributed by atoms with Crippen LogP contribution < -0.4 is 9.47 Å². The lowest BCUT2D eigenvalue weighted by Gasteiger charge is -2.08. The molecule has 0 aliphatic heterocycles. The highest BCUT2D eigenvalue weighted by Crippen LogP contribution is 2.39. The first-order valence-corrected chi connectivity index (χ1v) is 9.99. The number of aromatic nitrogens is 3. The molecule has 2 heterocycles. The van der Waals surface area contributed by atoms with Gasteiger partial charge in [0.1, 0.15) is 17.3 Å². The van der Waals surface area contributed by atoms with Gasteiger partial charge in [0.25, 0.3) is 0 Å². The van der Waals surface area contributed by atoms with Crippen molar-refractivity contribution >= 4 is 10.8 Å². The number of fused-ring (bicyclic) bond motifs is 1. The van der Waals surface area contributed by atoms with Crippen LogP contribution in [0.2, 0.25) is 0 Å². The fourth-order valence-electron chi connectivity index (χ4n) is 3.85. The first-order valence-electron chi connectivity index (χ1n) is 9.99. The Kier molecular flexibility index (Phi) is 4.84. The van der Waals surface area contributed by atoms with Crippen LogP contribution in [0.15, 0.2) is 85.2 Å². The first kappa shape index (κ1) is 18.9. The Morgan fingerprint density at radius 1 is 0.774 bits per heavy atom. The molecule has 0 aliphatic carbocycles. The minimum atomic E-state index is 0.693. The van der Waals surface area contributed by atoms with Gasteiger partial charge in [0.2, 0.25) is 0 Å². The molecule has 0 saturated carbocycles. The maximum Gasteiger partial charge on any atom is 0.142 e. The Morgan fingerprint density at radius 3 is 2.39 bits per heavy atom. The highest BCUT2D eigenvalue weighted by atomic mass is 16.5. The van der Waals surface area contributed by atoms with Crippen molar-refractivity contribution in [3.05, 3.63) is 85.2 Å². The Hall–Kier alpha value is -4.12. The molecule has 152 valence electrons. The van der Waals surface area contributed by atoms with E-state index >= 15 is 0 Å². The Balaban J connectivity index is 1.76. The smallest absolute Gasteiger partial charge is 0.142 e. The van der Waals surface area contributed by atoms with Crippen molar-refractivity contribution in [1.82, 2.24) is 15.0 Å². The third-order valence-electron chi connectivity index (χ3n) is 5.38. The molecule has 3 aromatic carbocycles. The summed E-state index contributed by atoms with van der Waals surface area (Å²) in [6.07, 6.45) is 3.56. The summed E-state index contributed by atoms with van der Waals surface area (Å²) in [6, 6.07) is 24.3. The van der Waals surface area contributed by atoms with Gasteiger partial charge in [0.15, 0.2) is 0 Å². The van der Waals surface area contributed by atoms with Gasteiger partial charge in [0, 0.05) is 29.6 Å². The van der Waals surface area contributed by atoms with Crippen LogP contribution in [0, 0.1) is 0 Å². The molecule has 5 heteroatoms. The summed E-state index contributed by atoms with van der Waals surface area (Å²) in [5.74, 6) is 2.16. The van der Waals surface area contributed by atoms with Crippen molar-refractivity contribution in [2.24, 2.45) is 0 Å². The molecule has 0 amide bonds. The number of aromatic amines is 1. The molecule has 5 aromatic rings. The molecule has 0 aliphatic rings. The lowest BCUT2D eigenvalue weighted by Crippen LogP contribution is -1.91. The third kappa shape index (κ3) is 3.40. The molecule has 0 radical (unpaired) electrons. The second kappa shape index (κ2) is 7.95. The quantitative estimate of drug-likeness (QED) is 0.390. The molecular weight excluding hydrogens is 386 g/mol. The molecule has 2 aromatic heterocycles. The Bertz CT molecular complexity index is 1350. The van der Waals surface area contributed by atoms with Crippen molar-refractivity contribution in [2.45, 2.75) is 0 Å². The summed E-state index contributed by atoms with van der Waals surface area (Å²) in [6.45, 7) is 0. The topological polar surface area (TPSA) is 60.0 Å². The number of ether oxygens (including phenoxy) is 2. The van der Waals surface area contributed by atoms with Gasteiger partial charge in [-0.15, -0.1) is 0 Å². The highest BCUT2D eigenvalue weighted by Gasteiger charge is 2.19. The van der Waals surface area contributed by atoms with Gasteiger partial charge in [-0.05, 0) is 35.0 Å². The van der Waals surface area contributed by atoms with E-state index in [-0.39, 0.29) is 0 Å². The summed E-state index contributed by atoms with van der Waals surface area (Å²) < 4.78 is 11.0. The average Bonchev–Trinajstić information content (AvgIpc) is 3.29. The molecule has 0 bridgehead atoms. The van der Waals surface area contributed by atoms with Gasteiger partial charge >= 0.3 is 0 Å². The van der Waals surface area contributed by atoms with Crippen LogP contribution in [0.3, 0.4) is 0 Å². The van der Waals surface area contributed by atoms with E-state index in [2.05, 4.69) is 52.4 Å². The average molecular weight is 407 g/mol. The molecular formula is C26H21N3O2. The van der Waals surface area contributed by atoms with Crippen molar-refractivity contribution in [2.75, 3.05) is 14.2 Å². The molecule has 31 heavy (non-hydrogen) atoms. The number of pyridine rings is 1. The van der Waals surface area contributed by atoms with Crippen LogP contribution in [0.4, 0.5) is 0 Å². The van der Waals surface area contributed by atoms with E-state index in [1.165, 1.54) is 5.39 Å². The van der Waals surface area contributed by atoms with Gasteiger partial charge in [-0.2, -0.15) is 0 Å². The van der Waals surface area contributed by atoms with Gasteiger partial charge in [-0.1, -0.05) is 42.5 Å². The molecule has 5 nitrogen and oxygen atoms in total. The number of benzene rings is 3. The third-order valence-corrected chi connectivity index (χ3v) is 5.38. The summed E-state index contributed by atoms with van der Waals surface area (Å²) in [7, 11) is 3.29. The van der Waals surface area contributed by atoms with Gasteiger partial charge < -0.3 is 14.5 Å². The maximum atomic E-state index is 5.62. The predicted molar refractivity (Wildman–Crippen MR) is 123 cm³/mol. The summed E-state index contributed by atoms with van der Waals surface area (Å²) >= 11 is 0. The SMILES string of the molecule is COc1ccc(-c2nc(-c3ccncc3)c(-c3cccc4ccccc34)[nH]2)c(OC)c1. The summed E-state index contributed by atoms with van der Waals surface area (Å²) in [5.41, 5.74) is 4.77. The van der Waals surface area contributed by atoms with Crippen LogP contribution >= 0.6 is 0 Å². The lowest BCUT2D eigenvalue weighted by atomic mass is 9.99. The van der Waals surface area contributed by atoms with Gasteiger partial charge in [-0.25, -0.2) is 4.98 Å². The molecule has 1 N–H and O–H groups in total. The van der Waals surface area contributed by atoms with E-state index in [9.17, 15) is 0 Å². The van der Waals surface area contributed by atoms with E-state index in [1.807, 2.05) is 30.3 Å². The number of rotatable bonds is 5. The van der Waals surface area contributed by atoms with Crippen LogP contribution in [0.1, 0.15) is 0 Å². The van der Waals surface area contributed by atoms with Crippen LogP contribution in [0.5, 0.6) is 11.5 Å². The summed E-state index contributed by atoms with van der Waals surface area (Å²) in [4.78, 5) is 12.7. The summed E-state index contributed by atoms with van der Waals surface area (Å²) in [5, 5.41) is 2.34. The second-order valence-corrected chi connectivity index (χ2v) is 7.14. The molecule has 0 spiro atoms. The minimum absolute atomic E-state index is 0.693. The van der Waals surface area contributed by atoms with Gasteiger partial charge in [-0.3, -0.25) is 4.98 Å². The molecule has 5 rings (SSSR count). The number of hydrogen-bond donors (Lipinski definition) is 1. The monoisotopic (exact) mass is 407 g/mol. The zero-order valence-corrected chi connectivity index (χ0v) is 17.3. The number of imidazole rings is 1. The van der Waals surface area contributed by atoms with Crippen LogP contribution in [0.25, 0.3) is 44.7 Å². The number of methoxy groups -OCH3 is 2. The maximum absolute atomic E-state index is 5.62. The van der Waals surface area contributed by atoms with E-state index in [0.29, 0.717) is 5.75 Å². The Labute approximate surface area is 180 Å². The Morgan fingerprint density at radius 2 is 1.58 bits per heavy atom. The normalized spacial score (nSPS) is 10.9. The largest absolute Gasteiger partial charge is 0.497 e. The van der Waals surface area contributed by atoms with E-state index in [0.717, 1.165) is 45.0 Å². The first-order chi connectivity index (χ1) is 15.3. The fourth-order valence-corrected chi connectivity index (χ4v) is 3.85. The van der Waals surface area contributed by atoms with Crippen molar-refractivity contribution in [3.8, 4) is 45.4 Å². The zero-order valence-electron chi connectivity index (χ0n) is 17.3. The second-order valence-electron chi connectivity index (χ2n) is 7.14. The number of nitrogens with one attached hydrogen (secondary N) is 1. The predicted octanol–water partition coefficient (Wildman–Crippen LogP) is 5.98. The van der Waals surface area contributed by atoms with E-state index in [1.54, 1.807) is 26.6 Å². The number of H-pyrrole nitrogens is 1. The zero-order chi connectivity index (χ0) is 21.2.